The molecule has 1 saturated heterocycles. The summed E-state index contributed by atoms with van der Waals surface area (Å²) in [5.41, 5.74) is 11.4. The Kier molecular flexibility index (Phi) is 7.65. The lowest BCUT2D eigenvalue weighted by molar-refractivity contribution is -0.0508. The van der Waals surface area contributed by atoms with Crippen LogP contribution in [0.25, 0.3) is 11.2 Å². The Balaban J connectivity index is 1.84. The number of aliphatic hydroxyl groups is 1. The van der Waals surface area contributed by atoms with Gasteiger partial charge in [0.1, 0.15) is 24.1 Å². The highest BCUT2D eigenvalue weighted by molar-refractivity contribution is 7.60. The molecule has 1 aliphatic rings. The van der Waals surface area contributed by atoms with E-state index < -0.39 is 52.9 Å². The van der Waals surface area contributed by atoms with Gasteiger partial charge in [-0.2, -0.15) is 4.31 Å². The molecule has 33 heavy (non-hydrogen) atoms. The molecule has 0 bridgehead atoms. The highest BCUT2D eigenvalue weighted by atomic mass is 31.3. The van der Waals surface area contributed by atoms with Crippen LogP contribution in [0.3, 0.4) is 0 Å². The number of alkyl carbamates (subject to hydrolysis) is 1. The van der Waals surface area contributed by atoms with Gasteiger partial charge in [-0.1, -0.05) is 0 Å². The van der Waals surface area contributed by atoms with E-state index in [1.807, 2.05) is 0 Å². The number of imidazole rings is 1. The summed E-state index contributed by atoms with van der Waals surface area (Å²) in [7, 11) is -10.6. The molecule has 1 unspecified atom stereocenters. The zero-order valence-corrected chi connectivity index (χ0v) is 18.4. The van der Waals surface area contributed by atoms with Crippen molar-refractivity contribution in [2.75, 3.05) is 25.4 Å². The first-order valence-electron chi connectivity index (χ1n) is 9.07. The molecular formula is C13H21N7O11P2. The molecular weight excluding hydrogens is 492 g/mol. The highest BCUT2D eigenvalue weighted by Gasteiger charge is 2.49. The quantitative estimate of drug-likeness (QED) is 0.178. The molecule has 2 aromatic rings. The van der Waals surface area contributed by atoms with Gasteiger partial charge in [-0.05, 0) is 0 Å². The number of anilines is 1. The van der Waals surface area contributed by atoms with E-state index in [1.54, 1.807) is 0 Å². The maximum Gasteiger partial charge on any atom is 0.481 e. The summed E-state index contributed by atoms with van der Waals surface area (Å²) in [6, 6.07) is 0. The van der Waals surface area contributed by atoms with E-state index in [2.05, 4.69) is 29.1 Å². The SMILES string of the molecule is NCCNC(=O)O[C@H]1[C@@H](O)[C@H](n2cnc3c(N)ncnc32)O[C@@H]1COP(=O)(O)OP(=O)(O)O. The van der Waals surface area contributed by atoms with Crippen LogP contribution in [0.2, 0.25) is 0 Å². The number of nitrogens with zero attached hydrogens (tertiary/aromatic N) is 4. The molecule has 1 aliphatic heterocycles. The number of nitrogen functional groups attached to an aromatic ring is 1. The summed E-state index contributed by atoms with van der Waals surface area (Å²) >= 11 is 0. The van der Waals surface area contributed by atoms with Crippen LogP contribution < -0.4 is 16.8 Å². The Morgan fingerprint density at radius 2 is 2.00 bits per heavy atom. The minimum atomic E-state index is -5.37. The predicted molar refractivity (Wildman–Crippen MR) is 106 cm³/mol. The summed E-state index contributed by atoms with van der Waals surface area (Å²) in [6.45, 7) is -0.721. The highest BCUT2D eigenvalue weighted by Crippen LogP contribution is 2.57. The van der Waals surface area contributed by atoms with Crippen molar-refractivity contribution in [2.24, 2.45) is 5.73 Å². The molecule has 5 atom stereocenters. The standard InChI is InChI=1S/C13H21N7O11P2/c14-1-2-16-13(22)30-9-6(3-28-33(26,27)31-32(23,24)25)29-12(8(9)21)20-5-19-7-10(15)17-4-18-11(7)20/h4-6,8-9,12,21H,1-3,14H2,(H,16,22)(H,26,27)(H2,15,17,18)(H2,23,24,25)/t6-,8-,9-,12-/m1/s1. The number of aliphatic hydroxyl groups excluding tert-OH is 1. The van der Waals surface area contributed by atoms with Crippen LogP contribution in [0.1, 0.15) is 6.23 Å². The number of phosphoric acid groups is 2. The Morgan fingerprint density at radius 3 is 2.67 bits per heavy atom. The zero-order valence-electron chi connectivity index (χ0n) is 16.6. The summed E-state index contributed by atoms with van der Waals surface area (Å²) in [5, 5.41) is 13.1. The zero-order chi connectivity index (χ0) is 24.4. The second-order valence-electron chi connectivity index (χ2n) is 6.56. The Bertz CT molecular complexity index is 1090. The second-order valence-corrected chi connectivity index (χ2v) is 9.39. The van der Waals surface area contributed by atoms with E-state index in [4.69, 9.17) is 30.7 Å². The van der Waals surface area contributed by atoms with Crippen LogP contribution in [-0.2, 0) is 27.4 Å². The van der Waals surface area contributed by atoms with Crippen molar-refractivity contribution >= 4 is 38.7 Å². The lowest BCUT2D eigenvalue weighted by atomic mass is 10.1. The van der Waals surface area contributed by atoms with E-state index in [-0.39, 0.29) is 30.1 Å². The van der Waals surface area contributed by atoms with Gasteiger partial charge in [-0.15, -0.1) is 0 Å². The number of ether oxygens (including phenoxy) is 2. The Labute approximate surface area is 184 Å². The van der Waals surface area contributed by atoms with E-state index >= 15 is 0 Å². The number of carbonyl (C=O) groups is 1. The van der Waals surface area contributed by atoms with Crippen LogP contribution in [0.15, 0.2) is 12.7 Å². The number of nitrogens with one attached hydrogen (secondary N) is 1. The average Bonchev–Trinajstić information content (AvgIpc) is 3.26. The van der Waals surface area contributed by atoms with Gasteiger partial charge in [0.15, 0.2) is 23.8 Å². The smallest absolute Gasteiger partial charge is 0.440 e. The summed E-state index contributed by atoms with van der Waals surface area (Å²) in [6.07, 6.45) is -4.34. The third-order valence-electron chi connectivity index (χ3n) is 4.24. The van der Waals surface area contributed by atoms with Gasteiger partial charge in [0.25, 0.3) is 0 Å². The number of rotatable bonds is 9. The van der Waals surface area contributed by atoms with Crippen LogP contribution in [0, 0.1) is 0 Å². The summed E-state index contributed by atoms with van der Waals surface area (Å²) in [5.74, 6) is 0.0517. The first kappa shape index (κ1) is 25.4. The third-order valence-corrected chi connectivity index (χ3v) is 6.39. The normalized spacial score (nSPS) is 25.1. The van der Waals surface area contributed by atoms with E-state index in [0.717, 1.165) is 6.33 Å². The van der Waals surface area contributed by atoms with Crippen molar-refractivity contribution in [3.05, 3.63) is 12.7 Å². The van der Waals surface area contributed by atoms with E-state index in [0.29, 0.717) is 0 Å². The summed E-state index contributed by atoms with van der Waals surface area (Å²) < 4.78 is 42.9. The molecule has 3 heterocycles. The predicted octanol–water partition coefficient (Wildman–Crippen LogP) is -2.05. The Hall–Kier alpha value is -2.24. The monoisotopic (exact) mass is 513 g/mol. The number of nitrogens with two attached hydrogens (primary N) is 2. The minimum absolute atomic E-state index is 0.0517. The lowest BCUT2D eigenvalue weighted by Crippen LogP contribution is -2.42. The molecule has 3 rings (SSSR count). The van der Waals surface area contributed by atoms with Gasteiger partial charge < -0.3 is 46.0 Å². The molecule has 18 nitrogen and oxygen atoms in total. The van der Waals surface area contributed by atoms with Crippen molar-refractivity contribution < 1.29 is 52.0 Å². The van der Waals surface area contributed by atoms with Crippen molar-refractivity contribution in [2.45, 2.75) is 24.5 Å². The molecule has 0 aromatic carbocycles. The van der Waals surface area contributed by atoms with Gasteiger partial charge in [0.2, 0.25) is 0 Å². The van der Waals surface area contributed by atoms with Crippen molar-refractivity contribution in [1.82, 2.24) is 24.8 Å². The van der Waals surface area contributed by atoms with Crippen molar-refractivity contribution in [1.29, 1.82) is 0 Å². The first-order valence-corrected chi connectivity index (χ1v) is 12.1. The van der Waals surface area contributed by atoms with Crippen LogP contribution >= 0.6 is 15.6 Å². The number of carbonyl (C=O) groups excluding carboxylic acids is 1. The Morgan fingerprint density at radius 1 is 1.27 bits per heavy atom. The number of aromatic nitrogens is 4. The van der Waals surface area contributed by atoms with E-state index in [1.165, 1.54) is 10.9 Å². The summed E-state index contributed by atoms with van der Waals surface area (Å²) in [4.78, 5) is 50.8. The fraction of sp³-hybridized carbons (Fsp3) is 0.538. The number of amides is 1. The van der Waals surface area contributed by atoms with Gasteiger partial charge in [0.05, 0.1) is 12.9 Å². The third kappa shape index (κ3) is 6.21. The fourth-order valence-electron chi connectivity index (χ4n) is 2.95. The fourth-order valence-corrected chi connectivity index (χ4v) is 4.55. The molecule has 1 amide bonds. The maximum absolute atomic E-state index is 12.0. The first-order chi connectivity index (χ1) is 15.4. The van der Waals surface area contributed by atoms with Crippen LogP contribution in [0.4, 0.5) is 10.6 Å². The van der Waals surface area contributed by atoms with Gasteiger partial charge in [-0.25, -0.2) is 28.9 Å². The number of hydrogen-bond acceptors (Lipinski definition) is 13. The second kappa shape index (κ2) is 9.94. The van der Waals surface area contributed by atoms with Gasteiger partial charge >= 0.3 is 21.7 Å². The molecule has 9 N–H and O–H groups in total. The van der Waals surface area contributed by atoms with Gasteiger partial charge in [-0.3, -0.25) is 9.09 Å². The molecule has 0 spiro atoms. The maximum atomic E-state index is 12.0. The van der Waals surface area contributed by atoms with E-state index in [9.17, 15) is 23.9 Å². The molecule has 2 aromatic heterocycles. The molecule has 20 heteroatoms. The molecule has 1 fully saturated rings. The molecule has 0 saturated carbocycles. The van der Waals surface area contributed by atoms with Crippen LogP contribution in [0.5, 0.6) is 0 Å². The average molecular weight is 513 g/mol. The molecule has 0 aliphatic carbocycles. The largest absolute Gasteiger partial charge is 0.481 e. The number of fused-ring (bicyclic) bond motifs is 1. The minimum Gasteiger partial charge on any atom is -0.440 e. The molecule has 0 radical (unpaired) electrons. The topological polar surface area (TPSA) is 277 Å². The number of hydrogen-bond donors (Lipinski definition) is 7. The van der Waals surface area contributed by atoms with Gasteiger partial charge in [0, 0.05) is 13.1 Å². The van der Waals surface area contributed by atoms with Crippen molar-refractivity contribution in [3.8, 4) is 0 Å². The number of phosphoric ester groups is 1. The lowest BCUT2D eigenvalue weighted by Gasteiger charge is -2.21. The molecule has 184 valence electrons. The van der Waals surface area contributed by atoms with Crippen molar-refractivity contribution in [3.63, 3.8) is 0 Å². The van der Waals surface area contributed by atoms with Crippen LogP contribution in [-0.4, -0.2) is 83.4 Å².